The Bertz CT molecular complexity index is 529. The van der Waals surface area contributed by atoms with Gasteiger partial charge in [0.15, 0.2) is 0 Å². The Hall–Kier alpha value is -2.07. The van der Waals surface area contributed by atoms with Crippen molar-refractivity contribution in [3.8, 4) is 11.6 Å². The summed E-state index contributed by atoms with van der Waals surface area (Å²) in [6, 6.07) is 14.1. The highest BCUT2D eigenvalue weighted by molar-refractivity contribution is 5.25. The fourth-order valence-corrected chi connectivity index (χ4v) is 1.82. The topological polar surface area (TPSA) is 43.4 Å². The predicted octanol–water partition coefficient (Wildman–Crippen LogP) is 3.04. The van der Waals surface area contributed by atoms with Crippen LogP contribution in [0.1, 0.15) is 19.4 Å². The summed E-state index contributed by atoms with van der Waals surface area (Å²) >= 11 is 0. The van der Waals surface area contributed by atoms with Crippen molar-refractivity contribution in [1.82, 2.24) is 10.3 Å². The van der Waals surface area contributed by atoms with Crippen LogP contribution in [0.4, 0.5) is 0 Å². The van der Waals surface area contributed by atoms with Crippen molar-refractivity contribution in [3.05, 3.63) is 54.2 Å². The first kappa shape index (κ1) is 15.3. The summed E-state index contributed by atoms with van der Waals surface area (Å²) in [6.07, 6.45) is 1.74. The summed E-state index contributed by atoms with van der Waals surface area (Å²) in [7, 11) is 0. The normalized spacial score (nSPS) is 10.6. The molecular formula is C17H22N2O2. The van der Waals surface area contributed by atoms with Gasteiger partial charge in [0.2, 0.25) is 5.88 Å². The third-order valence-corrected chi connectivity index (χ3v) is 2.88. The summed E-state index contributed by atoms with van der Waals surface area (Å²) < 4.78 is 11.3. The lowest BCUT2D eigenvalue weighted by Gasteiger charge is -2.13. The van der Waals surface area contributed by atoms with Crippen molar-refractivity contribution >= 4 is 0 Å². The van der Waals surface area contributed by atoms with Crippen LogP contribution in [0.3, 0.4) is 0 Å². The molecule has 1 heterocycles. The Morgan fingerprint density at radius 1 is 1.00 bits per heavy atom. The Labute approximate surface area is 126 Å². The molecule has 0 spiro atoms. The second-order valence-electron chi connectivity index (χ2n) is 5.01. The first-order valence-corrected chi connectivity index (χ1v) is 7.23. The van der Waals surface area contributed by atoms with Crippen LogP contribution in [-0.4, -0.2) is 24.2 Å². The number of ether oxygens (including phenoxy) is 2. The molecule has 0 unspecified atom stereocenters. The van der Waals surface area contributed by atoms with Crippen molar-refractivity contribution in [1.29, 1.82) is 0 Å². The van der Waals surface area contributed by atoms with Crippen molar-refractivity contribution in [2.24, 2.45) is 0 Å². The second kappa shape index (κ2) is 8.27. The third-order valence-electron chi connectivity index (χ3n) is 2.88. The number of nitrogens with one attached hydrogen (secondary N) is 1. The quantitative estimate of drug-likeness (QED) is 0.758. The SMILES string of the molecule is CC(C)NCc1cccnc1OCCOc1ccccc1. The number of pyridine rings is 1. The zero-order chi connectivity index (χ0) is 14.9. The lowest BCUT2D eigenvalue weighted by atomic mass is 10.2. The minimum atomic E-state index is 0.430. The van der Waals surface area contributed by atoms with Gasteiger partial charge in [0.25, 0.3) is 0 Å². The summed E-state index contributed by atoms with van der Waals surface area (Å²) in [5, 5.41) is 3.37. The minimum absolute atomic E-state index is 0.430. The van der Waals surface area contributed by atoms with E-state index in [1.807, 2.05) is 42.5 Å². The molecule has 1 aromatic heterocycles. The third kappa shape index (κ3) is 5.44. The van der Waals surface area contributed by atoms with Crippen LogP contribution in [0.25, 0.3) is 0 Å². The first-order valence-electron chi connectivity index (χ1n) is 7.23. The minimum Gasteiger partial charge on any atom is -0.490 e. The molecule has 112 valence electrons. The Morgan fingerprint density at radius 2 is 1.76 bits per heavy atom. The van der Waals surface area contributed by atoms with Gasteiger partial charge in [-0.25, -0.2) is 4.98 Å². The maximum absolute atomic E-state index is 5.72. The van der Waals surface area contributed by atoms with Gasteiger partial charge >= 0.3 is 0 Å². The Kier molecular flexibility index (Phi) is 6.03. The molecule has 21 heavy (non-hydrogen) atoms. The zero-order valence-corrected chi connectivity index (χ0v) is 12.6. The van der Waals surface area contributed by atoms with Crippen LogP contribution in [0.2, 0.25) is 0 Å². The second-order valence-corrected chi connectivity index (χ2v) is 5.01. The fraction of sp³-hybridized carbons (Fsp3) is 0.353. The van der Waals surface area contributed by atoms with E-state index in [1.54, 1.807) is 6.20 Å². The van der Waals surface area contributed by atoms with Gasteiger partial charge in [-0.05, 0) is 18.2 Å². The van der Waals surface area contributed by atoms with E-state index in [1.165, 1.54) is 0 Å². The molecule has 0 saturated carbocycles. The maximum Gasteiger partial charge on any atom is 0.217 e. The van der Waals surface area contributed by atoms with Crippen molar-refractivity contribution in [3.63, 3.8) is 0 Å². The summed E-state index contributed by atoms with van der Waals surface area (Å²) in [5.41, 5.74) is 1.06. The molecule has 2 rings (SSSR count). The number of nitrogens with zero attached hydrogens (tertiary/aromatic N) is 1. The molecule has 0 saturated heterocycles. The van der Waals surface area contributed by atoms with Crippen LogP contribution in [0.15, 0.2) is 48.7 Å². The molecule has 0 amide bonds. The fourth-order valence-electron chi connectivity index (χ4n) is 1.82. The molecule has 2 aromatic rings. The highest BCUT2D eigenvalue weighted by atomic mass is 16.5. The summed E-state index contributed by atoms with van der Waals surface area (Å²) in [5.74, 6) is 1.52. The van der Waals surface area contributed by atoms with E-state index in [-0.39, 0.29) is 0 Å². The standard InChI is InChI=1S/C17H22N2O2/c1-14(2)19-13-15-7-6-10-18-17(15)21-12-11-20-16-8-4-3-5-9-16/h3-10,14,19H,11-13H2,1-2H3. The lowest BCUT2D eigenvalue weighted by Crippen LogP contribution is -2.22. The highest BCUT2D eigenvalue weighted by Crippen LogP contribution is 2.14. The monoisotopic (exact) mass is 286 g/mol. The van der Waals surface area contributed by atoms with E-state index in [9.17, 15) is 0 Å². The number of hydrogen-bond donors (Lipinski definition) is 1. The van der Waals surface area contributed by atoms with Crippen LogP contribution in [-0.2, 0) is 6.54 Å². The van der Waals surface area contributed by atoms with Crippen LogP contribution >= 0.6 is 0 Å². The van der Waals surface area contributed by atoms with Gasteiger partial charge in [-0.15, -0.1) is 0 Å². The van der Waals surface area contributed by atoms with E-state index >= 15 is 0 Å². The number of benzene rings is 1. The largest absolute Gasteiger partial charge is 0.490 e. The predicted molar refractivity (Wildman–Crippen MR) is 83.6 cm³/mol. The van der Waals surface area contributed by atoms with Gasteiger partial charge < -0.3 is 14.8 Å². The van der Waals surface area contributed by atoms with Gasteiger partial charge in [0.05, 0.1) is 0 Å². The van der Waals surface area contributed by atoms with E-state index in [2.05, 4.69) is 24.1 Å². The van der Waals surface area contributed by atoms with Gasteiger partial charge in [-0.2, -0.15) is 0 Å². The van der Waals surface area contributed by atoms with Gasteiger partial charge in [0, 0.05) is 24.3 Å². The van der Waals surface area contributed by atoms with Crippen molar-refractivity contribution in [2.45, 2.75) is 26.4 Å². The molecule has 0 fully saturated rings. The zero-order valence-electron chi connectivity index (χ0n) is 12.6. The average Bonchev–Trinajstić information content (AvgIpc) is 2.51. The van der Waals surface area contributed by atoms with Gasteiger partial charge in [0.1, 0.15) is 19.0 Å². The van der Waals surface area contributed by atoms with Crippen molar-refractivity contribution < 1.29 is 9.47 Å². The van der Waals surface area contributed by atoms with Gasteiger partial charge in [-0.3, -0.25) is 0 Å². The molecule has 4 nitrogen and oxygen atoms in total. The molecule has 0 radical (unpaired) electrons. The summed E-state index contributed by atoms with van der Waals surface area (Å²) in [6.45, 7) is 5.95. The number of aromatic nitrogens is 1. The Morgan fingerprint density at radius 3 is 2.52 bits per heavy atom. The lowest BCUT2D eigenvalue weighted by molar-refractivity contribution is 0.210. The molecule has 0 atom stereocenters. The van der Waals surface area contributed by atoms with Crippen LogP contribution in [0.5, 0.6) is 11.6 Å². The number of para-hydroxylation sites is 1. The van der Waals surface area contributed by atoms with Crippen LogP contribution < -0.4 is 14.8 Å². The first-order chi connectivity index (χ1) is 10.3. The molecular weight excluding hydrogens is 264 g/mol. The highest BCUT2D eigenvalue weighted by Gasteiger charge is 2.05. The smallest absolute Gasteiger partial charge is 0.217 e. The van der Waals surface area contributed by atoms with E-state index in [0.717, 1.165) is 17.9 Å². The molecule has 0 aliphatic heterocycles. The average molecular weight is 286 g/mol. The number of rotatable bonds is 8. The molecule has 0 aliphatic carbocycles. The summed E-state index contributed by atoms with van der Waals surface area (Å²) in [4.78, 5) is 4.28. The van der Waals surface area contributed by atoms with E-state index in [4.69, 9.17) is 9.47 Å². The Balaban J connectivity index is 1.80. The molecule has 4 heteroatoms. The van der Waals surface area contributed by atoms with Gasteiger partial charge in [-0.1, -0.05) is 38.1 Å². The maximum atomic E-state index is 5.72. The van der Waals surface area contributed by atoms with Crippen LogP contribution in [0, 0.1) is 0 Å². The van der Waals surface area contributed by atoms with E-state index < -0.39 is 0 Å². The van der Waals surface area contributed by atoms with E-state index in [0.29, 0.717) is 25.1 Å². The molecule has 1 N–H and O–H groups in total. The molecule has 1 aromatic carbocycles. The number of hydrogen-bond acceptors (Lipinski definition) is 4. The molecule has 0 aliphatic rings. The molecule has 0 bridgehead atoms. The van der Waals surface area contributed by atoms with Crippen molar-refractivity contribution in [2.75, 3.05) is 13.2 Å².